The number of nitrogens with one attached hydrogen (secondary N) is 3. The van der Waals surface area contributed by atoms with E-state index >= 15 is 0 Å². The van der Waals surface area contributed by atoms with E-state index in [1.165, 1.54) is 36.9 Å². The van der Waals surface area contributed by atoms with Crippen LogP contribution in [0.1, 0.15) is 6.42 Å². The number of carbonyl (C=O) groups excluding carboxylic acids is 1. The van der Waals surface area contributed by atoms with Crippen LogP contribution < -0.4 is 19.7 Å². The number of hydrogen-bond donors (Lipinski definition) is 4. The van der Waals surface area contributed by atoms with Crippen molar-refractivity contribution in [3.8, 4) is 5.75 Å². The van der Waals surface area contributed by atoms with Gasteiger partial charge in [-0.05, 0) is 55.0 Å². The number of sulfonamides is 2. The van der Waals surface area contributed by atoms with Crippen molar-refractivity contribution in [1.29, 1.82) is 0 Å². The van der Waals surface area contributed by atoms with Crippen molar-refractivity contribution in [1.82, 2.24) is 14.9 Å². The molecule has 0 bridgehead atoms. The molecule has 0 spiro atoms. The Hall–Kier alpha value is -2.58. The van der Waals surface area contributed by atoms with Crippen LogP contribution in [0, 0.1) is 5.82 Å². The molecule has 0 aliphatic heterocycles. The molecule has 1 amide bonds. The number of ether oxygens (including phenoxy) is 1. The summed E-state index contributed by atoms with van der Waals surface area (Å²) >= 11 is 0. The summed E-state index contributed by atoms with van der Waals surface area (Å²) in [6.45, 7) is -0.344. The summed E-state index contributed by atoms with van der Waals surface area (Å²) < 4.78 is 71.6. The van der Waals surface area contributed by atoms with Gasteiger partial charge < -0.3 is 4.74 Å². The smallest absolute Gasteiger partial charge is 0.261 e. The highest BCUT2D eigenvalue weighted by molar-refractivity contribution is 7.89. The lowest BCUT2D eigenvalue weighted by Gasteiger charge is -2.17. The van der Waals surface area contributed by atoms with Gasteiger partial charge in [0.2, 0.25) is 20.0 Å². The van der Waals surface area contributed by atoms with E-state index in [-0.39, 0.29) is 22.8 Å². The number of rotatable bonds is 10. The fraction of sp³-hybridized carbons (Fsp3) is 0.235. The molecule has 0 fully saturated rings. The second kappa shape index (κ2) is 9.95. The Bertz CT molecular complexity index is 1070. The summed E-state index contributed by atoms with van der Waals surface area (Å²) in [6.07, 6.45) is -0.317. The van der Waals surface area contributed by atoms with Crippen molar-refractivity contribution in [2.24, 2.45) is 0 Å². The Morgan fingerprint density at radius 2 is 1.53 bits per heavy atom. The van der Waals surface area contributed by atoms with Crippen molar-refractivity contribution in [3.63, 3.8) is 0 Å². The molecule has 2 aromatic carbocycles. The first-order chi connectivity index (χ1) is 14.1. The molecule has 0 aromatic heterocycles. The summed E-state index contributed by atoms with van der Waals surface area (Å²) in [5.74, 6) is -1.26. The summed E-state index contributed by atoms with van der Waals surface area (Å²) in [7, 11) is -6.76. The topological polar surface area (TPSA) is 151 Å². The van der Waals surface area contributed by atoms with Crippen LogP contribution in [0.15, 0.2) is 58.3 Å². The number of amides is 1. The lowest BCUT2D eigenvalue weighted by atomic mass is 10.2. The van der Waals surface area contributed by atoms with E-state index in [4.69, 9.17) is 9.94 Å². The zero-order valence-electron chi connectivity index (χ0n) is 15.7. The van der Waals surface area contributed by atoms with Gasteiger partial charge in [0.25, 0.3) is 5.91 Å². The van der Waals surface area contributed by atoms with Crippen molar-refractivity contribution < 1.29 is 36.0 Å². The molecular weight excluding hydrogens is 441 g/mol. The maximum absolute atomic E-state index is 12.9. The number of hydrogen-bond acceptors (Lipinski definition) is 7. The van der Waals surface area contributed by atoms with E-state index in [0.29, 0.717) is 5.75 Å². The molecule has 2 rings (SSSR count). The Balaban J connectivity index is 2.08. The molecule has 0 aliphatic carbocycles. The molecule has 30 heavy (non-hydrogen) atoms. The van der Waals surface area contributed by atoms with Gasteiger partial charge >= 0.3 is 0 Å². The van der Waals surface area contributed by atoms with Crippen LogP contribution in [0.25, 0.3) is 0 Å². The Morgan fingerprint density at radius 1 is 1.00 bits per heavy atom. The molecule has 0 heterocycles. The highest BCUT2D eigenvalue weighted by Crippen LogP contribution is 2.16. The van der Waals surface area contributed by atoms with Gasteiger partial charge in [-0.25, -0.2) is 31.4 Å². The number of hydroxylamine groups is 1. The van der Waals surface area contributed by atoms with E-state index in [2.05, 4.69) is 9.44 Å². The van der Waals surface area contributed by atoms with Crippen LogP contribution in [0.5, 0.6) is 5.75 Å². The summed E-state index contributed by atoms with van der Waals surface area (Å²) in [4.78, 5) is 11.5. The third kappa shape index (κ3) is 6.21. The normalized spacial score (nSPS) is 12.9. The molecule has 10 nitrogen and oxygen atoms in total. The fourth-order valence-electron chi connectivity index (χ4n) is 2.37. The van der Waals surface area contributed by atoms with Crippen LogP contribution in [0.3, 0.4) is 0 Å². The van der Waals surface area contributed by atoms with E-state index < -0.39 is 37.8 Å². The molecule has 1 atom stereocenters. The van der Waals surface area contributed by atoms with Crippen molar-refractivity contribution >= 4 is 26.0 Å². The monoisotopic (exact) mass is 461 g/mol. The lowest BCUT2D eigenvalue weighted by Crippen LogP contribution is -2.47. The van der Waals surface area contributed by atoms with E-state index in [1.54, 1.807) is 0 Å². The first-order valence-corrected chi connectivity index (χ1v) is 11.4. The molecule has 4 N–H and O–H groups in total. The maximum atomic E-state index is 12.9. The van der Waals surface area contributed by atoms with Crippen LogP contribution in [0.2, 0.25) is 0 Å². The molecule has 0 saturated carbocycles. The highest BCUT2D eigenvalue weighted by atomic mass is 32.2. The number of benzene rings is 2. The zero-order valence-corrected chi connectivity index (χ0v) is 17.3. The summed E-state index contributed by atoms with van der Waals surface area (Å²) in [6, 6.07) is 7.92. The van der Waals surface area contributed by atoms with Gasteiger partial charge in [-0.1, -0.05) is 0 Å². The average Bonchev–Trinajstić information content (AvgIpc) is 2.72. The van der Waals surface area contributed by atoms with Gasteiger partial charge in [-0.2, -0.15) is 4.72 Å². The second-order valence-electron chi connectivity index (χ2n) is 5.97. The van der Waals surface area contributed by atoms with Crippen molar-refractivity contribution in [2.75, 3.05) is 13.7 Å². The van der Waals surface area contributed by atoms with Crippen molar-refractivity contribution in [2.45, 2.75) is 22.3 Å². The maximum Gasteiger partial charge on any atom is 0.261 e. The summed E-state index contributed by atoms with van der Waals surface area (Å²) in [5, 5.41) is 8.88. The standard InChI is InChI=1S/C17H20FN3O7S2/c1-28-13-4-8-15(9-5-13)30(26,27)21-16(17(22)20-23)10-11-19-29(24,25)14-6-2-12(18)3-7-14/h2-9,16,19,21,23H,10-11H2,1H3,(H,20,22). The van der Waals surface area contributed by atoms with Gasteiger partial charge in [0.05, 0.1) is 16.9 Å². The number of halogens is 1. The van der Waals surface area contributed by atoms with Gasteiger partial charge in [-0.3, -0.25) is 10.0 Å². The van der Waals surface area contributed by atoms with Crippen LogP contribution in [0.4, 0.5) is 4.39 Å². The summed E-state index contributed by atoms with van der Waals surface area (Å²) in [5.41, 5.74) is 1.34. The minimum atomic E-state index is -4.16. The first-order valence-electron chi connectivity index (χ1n) is 8.44. The molecule has 13 heteroatoms. The molecule has 1 unspecified atom stereocenters. The van der Waals surface area contributed by atoms with E-state index in [0.717, 1.165) is 24.3 Å². The number of methoxy groups -OCH3 is 1. The van der Waals surface area contributed by atoms with E-state index in [1.807, 2.05) is 0 Å². The zero-order chi connectivity index (χ0) is 22.4. The molecular formula is C17H20FN3O7S2. The van der Waals surface area contributed by atoms with E-state index in [9.17, 15) is 26.0 Å². The van der Waals surface area contributed by atoms with Crippen LogP contribution in [-0.2, 0) is 24.8 Å². The largest absolute Gasteiger partial charge is 0.497 e. The molecule has 164 valence electrons. The van der Waals surface area contributed by atoms with Crippen LogP contribution >= 0.6 is 0 Å². The molecule has 0 radical (unpaired) electrons. The molecule has 0 aliphatic rings. The van der Waals surface area contributed by atoms with Gasteiger partial charge in [0, 0.05) is 6.54 Å². The SMILES string of the molecule is COc1ccc(S(=O)(=O)NC(CCNS(=O)(=O)c2ccc(F)cc2)C(=O)NO)cc1. The Kier molecular flexibility index (Phi) is 7.86. The Morgan fingerprint density at radius 3 is 2.07 bits per heavy atom. The highest BCUT2D eigenvalue weighted by Gasteiger charge is 2.26. The number of carbonyl (C=O) groups is 1. The predicted octanol–water partition coefficient (Wildman–Crippen LogP) is 0.355. The predicted molar refractivity (Wildman–Crippen MR) is 103 cm³/mol. The minimum absolute atomic E-state index is 0.161. The molecule has 0 saturated heterocycles. The Labute approximate surface area is 173 Å². The van der Waals surface area contributed by atoms with Gasteiger partial charge in [0.15, 0.2) is 0 Å². The third-order valence-electron chi connectivity index (χ3n) is 3.94. The quantitative estimate of drug-likeness (QED) is 0.294. The lowest BCUT2D eigenvalue weighted by molar-refractivity contribution is -0.131. The van der Waals surface area contributed by atoms with Gasteiger partial charge in [0.1, 0.15) is 17.6 Å². The van der Waals surface area contributed by atoms with Crippen molar-refractivity contribution in [3.05, 3.63) is 54.3 Å². The first kappa shape index (κ1) is 23.7. The minimum Gasteiger partial charge on any atom is -0.497 e. The van der Waals surface area contributed by atoms with Crippen LogP contribution in [-0.4, -0.2) is 47.6 Å². The fourth-order valence-corrected chi connectivity index (χ4v) is 4.64. The molecule has 2 aromatic rings. The van der Waals surface area contributed by atoms with Gasteiger partial charge in [-0.15, -0.1) is 0 Å². The third-order valence-corrected chi connectivity index (χ3v) is 6.91. The second-order valence-corrected chi connectivity index (χ2v) is 9.45. The average molecular weight is 461 g/mol.